The Kier molecular flexibility index (Phi) is 9.77. The van der Waals surface area contributed by atoms with Gasteiger partial charge in [0.25, 0.3) is 0 Å². The molecule has 1 amide bonds. The van der Waals surface area contributed by atoms with Crippen molar-refractivity contribution in [1.29, 1.82) is 0 Å². The van der Waals surface area contributed by atoms with Crippen molar-refractivity contribution in [2.75, 3.05) is 26.7 Å². The van der Waals surface area contributed by atoms with Gasteiger partial charge in [0.2, 0.25) is 5.91 Å². The van der Waals surface area contributed by atoms with Crippen LogP contribution >= 0.6 is 35.6 Å². The van der Waals surface area contributed by atoms with Gasteiger partial charge in [0, 0.05) is 44.8 Å². The van der Waals surface area contributed by atoms with Crippen molar-refractivity contribution in [3.05, 3.63) is 29.0 Å². The van der Waals surface area contributed by atoms with Crippen molar-refractivity contribution in [2.45, 2.75) is 51.0 Å². The number of guanidine groups is 1. The first kappa shape index (κ1) is 23.2. The van der Waals surface area contributed by atoms with Crippen LogP contribution in [0.15, 0.2) is 23.3 Å². The third kappa shape index (κ3) is 6.76. The fraction of sp³-hybridized carbons (Fsp3) is 0.650. The molecule has 1 aromatic rings. The van der Waals surface area contributed by atoms with Gasteiger partial charge in [0.1, 0.15) is 5.15 Å². The quantitative estimate of drug-likeness (QED) is 0.271. The number of carbonyl (C=O) groups is 1. The molecular weight excluding hydrogens is 489 g/mol. The van der Waals surface area contributed by atoms with Gasteiger partial charge in [-0.1, -0.05) is 36.9 Å². The van der Waals surface area contributed by atoms with Crippen LogP contribution in [0.1, 0.15) is 44.1 Å². The molecule has 0 spiro atoms. The first-order valence-electron chi connectivity index (χ1n) is 10.0. The standard InChI is InChI=1S/C20H30ClN5O.HI/c1-22-20(23-11-9-15-7-8-18(21)24-13-15)25-17-10-12-26(14-17)19(27)16-5-3-2-4-6-16;/h7-8,13,16-17H,2-6,9-12,14H2,1H3,(H2,22,23,25);1H. The number of rotatable bonds is 5. The molecule has 28 heavy (non-hydrogen) atoms. The fourth-order valence-electron chi connectivity index (χ4n) is 3.95. The molecule has 0 radical (unpaired) electrons. The summed E-state index contributed by atoms with van der Waals surface area (Å²) in [5.74, 6) is 1.40. The molecule has 3 rings (SSSR count). The zero-order valence-electron chi connectivity index (χ0n) is 16.5. The van der Waals surface area contributed by atoms with Gasteiger partial charge >= 0.3 is 0 Å². The molecule has 2 fully saturated rings. The summed E-state index contributed by atoms with van der Waals surface area (Å²) < 4.78 is 0. The lowest BCUT2D eigenvalue weighted by Crippen LogP contribution is -2.46. The van der Waals surface area contributed by atoms with Gasteiger partial charge in [-0.05, 0) is 37.3 Å². The van der Waals surface area contributed by atoms with Crippen molar-refractivity contribution in [1.82, 2.24) is 20.5 Å². The molecule has 1 unspecified atom stereocenters. The average molecular weight is 520 g/mol. The lowest BCUT2D eigenvalue weighted by Gasteiger charge is -2.26. The summed E-state index contributed by atoms with van der Waals surface area (Å²) in [7, 11) is 1.78. The molecule has 1 atom stereocenters. The number of nitrogens with zero attached hydrogens (tertiary/aromatic N) is 3. The van der Waals surface area contributed by atoms with Crippen LogP contribution < -0.4 is 10.6 Å². The molecule has 6 nitrogen and oxygen atoms in total. The molecule has 1 aliphatic heterocycles. The van der Waals surface area contributed by atoms with Gasteiger partial charge in [0.15, 0.2) is 5.96 Å². The highest BCUT2D eigenvalue weighted by Crippen LogP contribution is 2.26. The number of hydrogen-bond donors (Lipinski definition) is 2. The van der Waals surface area contributed by atoms with Crippen molar-refractivity contribution in [2.24, 2.45) is 10.9 Å². The maximum Gasteiger partial charge on any atom is 0.225 e. The van der Waals surface area contributed by atoms with E-state index in [1.807, 2.05) is 11.0 Å². The molecule has 0 aromatic carbocycles. The van der Waals surface area contributed by atoms with Gasteiger partial charge in [-0.25, -0.2) is 4.98 Å². The maximum atomic E-state index is 12.7. The number of nitrogens with one attached hydrogen (secondary N) is 2. The zero-order valence-corrected chi connectivity index (χ0v) is 19.6. The van der Waals surface area contributed by atoms with Gasteiger partial charge in [0.05, 0.1) is 0 Å². The Hall–Kier alpha value is -1.09. The summed E-state index contributed by atoms with van der Waals surface area (Å²) in [6.07, 6.45) is 9.43. The summed E-state index contributed by atoms with van der Waals surface area (Å²) in [5, 5.41) is 7.31. The minimum absolute atomic E-state index is 0. The summed E-state index contributed by atoms with van der Waals surface area (Å²) in [4.78, 5) is 23.1. The van der Waals surface area contributed by atoms with E-state index < -0.39 is 0 Å². The second-order valence-corrected chi connectivity index (χ2v) is 7.87. The van der Waals surface area contributed by atoms with E-state index in [2.05, 4.69) is 20.6 Å². The summed E-state index contributed by atoms with van der Waals surface area (Å²) >= 11 is 5.81. The number of aromatic nitrogens is 1. The summed E-state index contributed by atoms with van der Waals surface area (Å²) in [5.41, 5.74) is 1.13. The molecule has 0 bridgehead atoms. The van der Waals surface area contributed by atoms with Crippen LogP contribution in [-0.2, 0) is 11.2 Å². The van der Waals surface area contributed by atoms with Crippen LogP contribution in [0.3, 0.4) is 0 Å². The van der Waals surface area contributed by atoms with Crippen LogP contribution in [0.2, 0.25) is 5.15 Å². The molecule has 1 aliphatic carbocycles. The number of aliphatic imine (C=N–C) groups is 1. The minimum Gasteiger partial charge on any atom is -0.356 e. The van der Waals surface area contributed by atoms with E-state index in [-0.39, 0.29) is 35.9 Å². The number of pyridine rings is 1. The molecule has 2 aliphatic rings. The summed E-state index contributed by atoms with van der Waals surface area (Å²) in [6, 6.07) is 4.06. The molecule has 1 aromatic heterocycles. The predicted octanol–water partition coefficient (Wildman–Crippen LogP) is 3.24. The number of halogens is 2. The van der Waals surface area contributed by atoms with Crippen molar-refractivity contribution in [3.63, 3.8) is 0 Å². The molecule has 2 heterocycles. The number of hydrogen-bond acceptors (Lipinski definition) is 3. The Bertz CT molecular complexity index is 649. The van der Waals surface area contributed by atoms with E-state index >= 15 is 0 Å². The van der Waals surface area contributed by atoms with Crippen LogP contribution in [0.25, 0.3) is 0 Å². The highest BCUT2D eigenvalue weighted by Gasteiger charge is 2.31. The van der Waals surface area contributed by atoms with Crippen LogP contribution in [-0.4, -0.2) is 54.5 Å². The Labute approximate surface area is 189 Å². The minimum atomic E-state index is 0. The highest BCUT2D eigenvalue weighted by atomic mass is 127. The Balaban J connectivity index is 0.00000280. The van der Waals surface area contributed by atoms with E-state index in [0.717, 1.165) is 56.8 Å². The number of likely N-dealkylation sites (tertiary alicyclic amines) is 1. The maximum absolute atomic E-state index is 12.7. The Morgan fingerprint density at radius 1 is 1.29 bits per heavy atom. The van der Waals surface area contributed by atoms with Gasteiger partial charge in [-0.3, -0.25) is 9.79 Å². The monoisotopic (exact) mass is 519 g/mol. The molecular formula is C20H31ClIN5O. The third-order valence-electron chi connectivity index (χ3n) is 5.51. The van der Waals surface area contributed by atoms with E-state index in [1.165, 1.54) is 19.3 Å². The first-order valence-corrected chi connectivity index (χ1v) is 10.4. The predicted molar refractivity (Wildman–Crippen MR) is 124 cm³/mol. The molecule has 1 saturated heterocycles. The van der Waals surface area contributed by atoms with Gasteiger partial charge in [-0.2, -0.15) is 0 Å². The van der Waals surface area contributed by atoms with Gasteiger partial charge < -0.3 is 15.5 Å². The third-order valence-corrected chi connectivity index (χ3v) is 5.74. The Morgan fingerprint density at radius 3 is 2.75 bits per heavy atom. The lowest BCUT2D eigenvalue weighted by atomic mass is 9.88. The van der Waals surface area contributed by atoms with Crippen LogP contribution in [0, 0.1) is 5.92 Å². The van der Waals surface area contributed by atoms with Gasteiger partial charge in [-0.15, -0.1) is 24.0 Å². The smallest absolute Gasteiger partial charge is 0.225 e. The van der Waals surface area contributed by atoms with Crippen molar-refractivity contribution >= 4 is 47.4 Å². The second-order valence-electron chi connectivity index (χ2n) is 7.49. The SMILES string of the molecule is CN=C(NCCc1ccc(Cl)nc1)NC1CCN(C(=O)C2CCCCC2)C1.I. The fourth-order valence-corrected chi connectivity index (χ4v) is 4.07. The van der Waals surface area contributed by atoms with E-state index in [0.29, 0.717) is 11.1 Å². The van der Waals surface area contributed by atoms with E-state index in [9.17, 15) is 4.79 Å². The van der Waals surface area contributed by atoms with Crippen molar-refractivity contribution in [3.8, 4) is 0 Å². The molecule has 8 heteroatoms. The van der Waals surface area contributed by atoms with Crippen molar-refractivity contribution < 1.29 is 4.79 Å². The van der Waals surface area contributed by atoms with E-state index in [1.54, 1.807) is 19.3 Å². The summed E-state index contributed by atoms with van der Waals surface area (Å²) in [6.45, 7) is 2.39. The largest absolute Gasteiger partial charge is 0.356 e. The second kappa shape index (κ2) is 11.8. The lowest BCUT2D eigenvalue weighted by molar-refractivity contribution is -0.135. The van der Waals surface area contributed by atoms with E-state index in [4.69, 9.17) is 11.6 Å². The molecule has 2 N–H and O–H groups in total. The molecule has 156 valence electrons. The number of amides is 1. The molecule has 1 saturated carbocycles. The van der Waals surface area contributed by atoms with Crippen LogP contribution in [0.4, 0.5) is 0 Å². The normalized spacial score (nSPS) is 20.6. The first-order chi connectivity index (χ1) is 13.2. The van der Waals surface area contributed by atoms with Crippen LogP contribution in [0.5, 0.6) is 0 Å². The average Bonchev–Trinajstić information content (AvgIpc) is 3.17. The zero-order chi connectivity index (χ0) is 19.1. The highest BCUT2D eigenvalue weighted by molar-refractivity contribution is 14.0. The topological polar surface area (TPSA) is 69.6 Å². The number of carbonyl (C=O) groups excluding carboxylic acids is 1. The Morgan fingerprint density at radius 2 is 2.07 bits per heavy atom.